The number of hydrogen-bond donors (Lipinski definition) is 2. The first-order chi connectivity index (χ1) is 9.44. The Morgan fingerprint density at radius 1 is 1.50 bits per heavy atom. The van der Waals surface area contributed by atoms with E-state index >= 15 is 0 Å². The Hall–Kier alpha value is -0.910. The molecule has 1 rings (SSSR count). The molecule has 0 aromatic rings. The third-order valence-corrected chi connectivity index (χ3v) is 5.01. The zero-order chi connectivity index (χ0) is 15.2. The van der Waals surface area contributed by atoms with Crippen LogP contribution in [0.2, 0.25) is 0 Å². The highest BCUT2D eigenvalue weighted by Crippen LogP contribution is 2.21. The third kappa shape index (κ3) is 4.58. The lowest BCUT2D eigenvalue weighted by molar-refractivity contribution is -0.128. The number of aliphatic imine (C=N–C) groups is 1. The fraction of sp³-hybridized carbons (Fsp3) is 0.857. The number of rotatable bonds is 4. The fourth-order valence-corrected chi connectivity index (χ4v) is 3.39. The summed E-state index contributed by atoms with van der Waals surface area (Å²) in [5.74, 6) is 2.08. The highest BCUT2D eigenvalue weighted by molar-refractivity contribution is 8.00. The molecule has 1 amide bonds. The summed E-state index contributed by atoms with van der Waals surface area (Å²) in [6, 6.07) is 0. The molecular weight excluding hydrogens is 272 g/mol. The molecule has 0 bridgehead atoms. The number of guanidine groups is 1. The molecular formula is C14H28N4OS. The second kappa shape index (κ2) is 7.76. The van der Waals surface area contributed by atoms with Gasteiger partial charge in [-0.25, -0.2) is 0 Å². The standard InChI is InChI=1S/C14H28N4OS/c1-6-11-9-18(7-8-20-11)13(16-5)17-10-14(2,3)12(19)15-4/h11H,6-10H2,1-5H3,(H,15,19)(H,16,17). The Morgan fingerprint density at radius 3 is 2.75 bits per heavy atom. The molecule has 1 unspecified atom stereocenters. The molecule has 1 atom stereocenters. The minimum atomic E-state index is -0.445. The second-order valence-corrected chi connectivity index (χ2v) is 7.12. The second-order valence-electron chi connectivity index (χ2n) is 5.71. The highest BCUT2D eigenvalue weighted by Gasteiger charge is 2.28. The molecule has 2 N–H and O–H groups in total. The summed E-state index contributed by atoms with van der Waals surface area (Å²) in [7, 11) is 3.48. The van der Waals surface area contributed by atoms with E-state index < -0.39 is 5.41 Å². The van der Waals surface area contributed by atoms with Crippen LogP contribution in [-0.2, 0) is 4.79 Å². The molecule has 0 spiro atoms. The fourth-order valence-electron chi connectivity index (χ4n) is 2.21. The number of amides is 1. The van der Waals surface area contributed by atoms with E-state index in [4.69, 9.17) is 0 Å². The average Bonchev–Trinajstić information content (AvgIpc) is 2.47. The predicted octanol–water partition coefficient (Wildman–Crippen LogP) is 1.16. The van der Waals surface area contributed by atoms with Gasteiger partial charge < -0.3 is 15.5 Å². The minimum Gasteiger partial charge on any atom is -0.359 e. The lowest BCUT2D eigenvalue weighted by atomic mass is 9.92. The lowest BCUT2D eigenvalue weighted by Gasteiger charge is -2.35. The van der Waals surface area contributed by atoms with E-state index in [1.54, 1.807) is 14.1 Å². The topological polar surface area (TPSA) is 56.7 Å². The van der Waals surface area contributed by atoms with Crippen molar-refractivity contribution in [1.82, 2.24) is 15.5 Å². The Labute approximate surface area is 127 Å². The number of carbonyl (C=O) groups is 1. The zero-order valence-corrected chi connectivity index (χ0v) is 14.1. The molecule has 0 aromatic carbocycles. The van der Waals surface area contributed by atoms with Gasteiger partial charge in [0.05, 0.1) is 5.41 Å². The number of nitrogens with one attached hydrogen (secondary N) is 2. The molecule has 116 valence electrons. The van der Waals surface area contributed by atoms with Gasteiger partial charge in [-0.05, 0) is 20.3 Å². The molecule has 1 aliphatic rings. The van der Waals surface area contributed by atoms with E-state index in [9.17, 15) is 4.79 Å². The minimum absolute atomic E-state index is 0.0427. The van der Waals surface area contributed by atoms with Gasteiger partial charge in [-0.2, -0.15) is 11.8 Å². The van der Waals surface area contributed by atoms with E-state index in [2.05, 4.69) is 27.4 Å². The number of hydrogen-bond acceptors (Lipinski definition) is 3. The maximum atomic E-state index is 11.8. The van der Waals surface area contributed by atoms with Crippen LogP contribution in [0.5, 0.6) is 0 Å². The van der Waals surface area contributed by atoms with Crippen molar-refractivity contribution in [3.63, 3.8) is 0 Å². The van der Waals surface area contributed by atoms with Crippen LogP contribution in [0.15, 0.2) is 4.99 Å². The SMILES string of the molecule is CCC1CN(C(=NC)NCC(C)(C)C(=O)NC)CCS1. The summed E-state index contributed by atoms with van der Waals surface area (Å²) in [5, 5.41) is 6.73. The van der Waals surface area contributed by atoms with Gasteiger partial charge in [0.2, 0.25) is 5.91 Å². The third-order valence-electron chi connectivity index (χ3n) is 3.64. The summed E-state index contributed by atoms with van der Waals surface area (Å²) in [5.41, 5.74) is -0.445. The molecule has 5 nitrogen and oxygen atoms in total. The van der Waals surface area contributed by atoms with Gasteiger partial charge >= 0.3 is 0 Å². The number of nitrogens with zero attached hydrogens (tertiary/aromatic N) is 2. The maximum absolute atomic E-state index is 11.8. The van der Waals surface area contributed by atoms with Crippen LogP contribution in [0.4, 0.5) is 0 Å². The van der Waals surface area contributed by atoms with Gasteiger partial charge in [-0.1, -0.05) is 6.92 Å². The molecule has 1 saturated heterocycles. The predicted molar refractivity (Wildman–Crippen MR) is 87.3 cm³/mol. The van der Waals surface area contributed by atoms with E-state index in [0.717, 1.165) is 24.8 Å². The Balaban J connectivity index is 2.58. The van der Waals surface area contributed by atoms with Crippen molar-refractivity contribution in [3.8, 4) is 0 Å². The van der Waals surface area contributed by atoms with Gasteiger partial charge in [0, 0.05) is 44.7 Å². The normalized spacial score (nSPS) is 20.8. The zero-order valence-electron chi connectivity index (χ0n) is 13.3. The average molecular weight is 300 g/mol. The van der Waals surface area contributed by atoms with Crippen LogP contribution in [0.25, 0.3) is 0 Å². The molecule has 0 radical (unpaired) electrons. The highest BCUT2D eigenvalue weighted by atomic mass is 32.2. The summed E-state index contributed by atoms with van der Waals surface area (Å²) in [6.45, 7) is 8.73. The van der Waals surface area contributed by atoms with Gasteiger partial charge in [-0.3, -0.25) is 9.79 Å². The monoisotopic (exact) mass is 300 g/mol. The van der Waals surface area contributed by atoms with Crippen molar-refractivity contribution in [2.45, 2.75) is 32.4 Å². The molecule has 1 heterocycles. The Bertz CT molecular complexity index is 357. The van der Waals surface area contributed by atoms with Gasteiger partial charge in [0.15, 0.2) is 5.96 Å². The molecule has 0 aliphatic carbocycles. The maximum Gasteiger partial charge on any atom is 0.227 e. The summed E-state index contributed by atoms with van der Waals surface area (Å²) >= 11 is 2.04. The van der Waals surface area contributed by atoms with Gasteiger partial charge in [-0.15, -0.1) is 0 Å². The van der Waals surface area contributed by atoms with Crippen molar-refractivity contribution < 1.29 is 4.79 Å². The molecule has 1 aliphatic heterocycles. The lowest BCUT2D eigenvalue weighted by Crippen LogP contribution is -2.51. The van der Waals surface area contributed by atoms with Crippen molar-refractivity contribution in [2.24, 2.45) is 10.4 Å². The number of carbonyl (C=O) groups excluding carboxylic acids is 1. The Kier molecular flexibility index (Phi) is 6.65. The van der Waals surface area contributed by atoms with E-state index in [-0.39, 0.29) is 5.91 Å². The number of thioether (sulfide) groups is 1. The van der Waals surface area contributed by atoms with Crippen LogP contribution in [0.3, 0.4) is 0 Å². The van der Waals surface area contributed by atoms with Gasteiger partial charge in [0.25, 0.3) is 0 Å². The van der Waals surface area contributed by atoms with E-state index in [1.807, 2.05) is 25.6 Å². The van der Waals surface area contributed by atoms with Crippen molar-refractivity contribution in [2.75, 3.05) is 39.5 Å². The van der Waals surface area contributed by atoms with Crippen molar-refractivity contribution in [3.05, 3.63) is 0 Å². The quantitative estimate of drug-likeness (QED) is 0.604. The first kappa shape index (κ1) is 17.1. The van der Waals surface area contributed by atoms with Crippen LogP contribution in [0, 0.1) is 5.41 Å². The first-order valence-corrected chi connectivity index (χ1v) is 8.28. The Morgan fingerprint density at radius 2 is 2.20 bits per heavy atom. The van der Waals surface area contributed by atoms with Crippen LogP contribution in [-0.4, -0.2) is 61.5 Å². The van der Waals surface area contributed by atoms with Gasteiger partial charge in [0.1, 0.15) is 0 Å². The molecule has 1 fully saturated rings. The first-order valence-electron chi connectivity index (χ1n) is 7.24. The van der Waals surface area contributed by atoms with E-state index in [1.165, 1.54) is 6.42 Å². The molecule has 6 heteroatoms. The summed E-state index contributed by atoms with van der Waals surface area (Å²) < 4.78 is 0. The van der Waals surface area contributed by atoms with Crippen LogP contribution < -0.4 is 10.6 Å². The van der Waals surface area contributed by atoms with Crippen molar-refractivity contribution >= 4 is 23.6 Å². The molecule has 20 heavy (non-hydrogen) atoms. The van der Waals surface area contributed by atoms with Crippen molar-refractivity contribution in [1.29, 1.82) is 0 Å². The van der Waals surface area contributed by atoms with Crippen LogP contribution in [0.1, 0.15) is 27.2 Å². The summed E-state index contributed by atoms with van der Waals surface area (Å²) in [6.07, 6.45) is 1.18. The largest absolute Gasteiger partial charge is 0.359 e. The summed E-state index contributed by atoms with van der Waals surface area (Å²) in [4.78, 5) is 18.5. The van der Waals surface area contributed by atoms with E-state index in [0.29, 0.717) is 11.8 Å². The smallest absolute Gasteiger partial charge is 0.227 e. The molecule has 0 saturated carbocycles. The molecule has 0 aromatic heterocycles. The van der Waals surface area contributed by atoms with Crippen LogP contribution >= 0.6 is 11.8 Å².